The van der Waals surface area contributed by atoms with Crippen LogP contribution < -0.4 is 10.2 Å². The quantitative estimate of drug-likeness (QED) is 0.762. The Bertz CT molecular complexity index is 437. The van der Waals surface area contributed by atoms with E-state index in [2.05, 4.69) is 31.3 Å². The van der Waals surface area contributed by atoms with Gasteiger partial charge in [0.2, 0.25) is 0 Å². The Labute approximate surface area is 115 Å². The zero-order valence-corrected chi connectivity index (χ0v) is 11.6. The molecule has 4 nitrogen and oxygen atoms in total. The Morgan fingerprint density at radius 2 is 1.74 bits per heavy atom. The molecule has 0 heterocycles. The summed E-state index contributed by atoms with van der Waals surface area (Å²) in [4.78, 5) is 1.76. The van der Waals surface area contributed by atoms with Crippen molar-refractivity contribution in [1.29, 1.82) is 10.5 Å². The van der Waals surface area contributed by atoms with E-state index in [9.17, 15) is 0 Å². The Morgan fingerprint density at radius 3 is 2.21 bits per heavy atom. The SMILES string of the molecule is CCCNC(C)c1ccc(N(CC#N)CC#N)cc1. The number of rotatable bonds is 7. The molecule has 1 atom stereocenters. The van der Waals surface area contributed by atoms with Crippen molar-refractivity contribution >= 4 is 5.69 Å². The maximum absolute atomic E-state index is 8.75. The van der Waals surface area contributed by atoms with Crippen LogP contribution in [0.25, 0.3) is 0 Å². The van der Waals surface area contributed by atoms with Crippen molar-refractivity contribution in [3.63, 3.8) is 0 Å². The molecular formula is C15H20N4. The van der Waals surface area contributed by atoms with Crippen LogP contribution in [0.4, 0.5) is 5.69 Å². The summed E-state index contributed by atoms with van der Waals surface area (Å²) in [6, 6.07) is 12.5. The average molecular weight is 256 g/mol. The molecule has 0 fully saturated rings. The lowest BCUT2D eigenvalue weighted by atomic mass is 10.1. The van der Waals surface area contributed by atoms with E-state index < -0.39 is 0 Å². The third-order valence-electron chi connectivity index (χ3n) is 2.98. The summed E-state index contributed by atoms with van der Waals surface area (Å²) >= 11 is 0. The Balaban J connectivity index is 2.74. The van der Waals surface area contributed by atoms with Crippen molar-refractivity contribution in [2.24, 2.45) is 0 Å². The first-order valence-electron chi connectivity index (χ1n) is 6.55. The lowest BCUT2D eigenvalue weighted by molar-refractivity contribution is 0.571. The van der Waals surface area contributed by atoms with Crippen molar-refractivity contribution in [1.82, 2.24) is 5.32 Å². The van der Waals surface area contributed by atoms with Gasteiger partial charge in [0, 0.05) is 11.7 Å². The Morgan fingerprint density at radius 1 is 1.16 bits per heavy atom. The fraction of sp³-hybridized carbons (Fsp3) is 0.467. The van der Waals surface area contributed by atoms with Crippen molar-refractivity contribution in [3.05, 3.63) is 29.8 Å². The van der Waals surface area contributed by atoms with Gasteiger partial charge in [0.05, 0.1) is 12.1 Å². The Kier molecular flexibility index (Phi) is 6.43. The molecule has 1 aromatic carbocycles. The summed E-state index contributed by atoms with van der Waals surface area (Å²) in [5, 5.41) is 20.9. The maximum Gasteiger partial charge on any atom is 0.106 e. The minimum atomic E-state index is 0.233. The first-order valence-corrected chi connectivity index (χ1v) is 6.55. The number of nitrogens with zero attached hydrogens (tertiary/aromatic N) is 3. The van der Waals surface area contributed by atoms with Gasteiger partial charge in [0.1, 0.15) is 13.1 Å². The van der Waals surface area contributed by atoms with Crippen molar-refractivity contribution in [2.75, 3.05) is 24.5 Å². The van der Waals surface area contributed by atoms with Crippen LogP contribution in [0.5, 0.6) is 0 Å². The minimum Gasteiger partial charge on any atom is -0.345 e. The second-order valence-electron chi connectivity index (χ2n) is 4.44. The molecule has 0 saturated carbocycles. The van der Waals surface area contributed by atoms with E-state index in [1.54, 1.807) is 4.90 Å². The smallest absolute Gasteiger partial charge is 0.106 e. The molecule has 1 aromatic rings. The van der Waals surface area contributed by atoms with Crippen LogP contribution in [-0.2, 0) is 0 Å². The molecule has 0 radical (unpaired) electrons. The van der Waals surface area contributed by atoms with E-state index in [0.717, 1.165) is 18.7 Å². The molecule has 0 saturated heterocycles. The third kappa shape index (κ3) is 4.62. The summed E-state index contributed by atoms with van der Waals surface area (Å²) in [5.41, 5.74) is 2.13. The molecular weight excluding hydrogens is 236 g/mol. The van der Waals surface area contributed by atoms with Crippen LogP contribution in [-0.4, -0.2) is 19.6 Å². The fourth-order valence-corrected chi connectivity index (χ4v) is 1.86. The summed E-state index contributed by atoms with van der Waals surface area (Å²) in [6.07, 6.45) is 1.11. The molecule has 0 bridgehead atoms. The highest BCUT2D eigenvalue weighted by molar-refractivity contribution is 5.49. The van der Waals surface area contributed by atoms with Gasteiger partial charge in [0.25, 0.3) is 0 Å². The molecule has 0 aliphatic heterocycles. The van der Waals surface area contributed by atoms with Crippen molar-refractivity contribution in [3.8, 4) is 12.1 Å². The summed E-state index contributed by atoms with van der Waals surface area (Å²) in [7, 11) is 0. The second kappa shape index (κ2) is 8.13. The number of benzene rings is 1. The van der Waals surface area contributed by atoms with Gasteiger partial charge in [-0.2, -0.15) is 10.5 Å². The van der Waals surface area contributed by atoms with Gasteiger partial charge in [-0.1, -0.05) is 19.1 Å². The Hall–Kier alpha value is -2.04. The normalized spacial score (nSPS) is 11.4. The van der Waals surface area contributed by atoms with Crippen LogP contribution >= 0.6 is 0 Å². The number of hydrogen-bond donors (Lipinski definition) is 1. The van der Waals surface area contributed by atoms with Gasteiger partial charge in [-0.25, -0.2) is 0 Å². The lowest BCUT2D eigenvalue weighted by Gasteiger charge is -2.19. The van der Waals surface area contributed by atoms with E-state index >= 15 is 0 Å². The molecule has 1 N–H and O–H groups in total. The molecule has 19 heavy (non-hydrogen) atoms. The van der Waals surface area contributed by atoms with Gasteiger partial charge in [-0.05, 0) is 37.6 Å². The van der Waals surface area contributed by atoms with Crippen LogP contribution in [0.3, 0.4) is 0 Å². The maximum atomic E-state index is 8.75. The topological polar surface area (TPSA) is 62.9 Å². The van der Waals surface area contributed by atoms with E-state index in [1.807, 2.05) is 24.3 Å². The van der Waals surface area contributed by atoms with Crippen LogP contribution in [0.15, 0.2) is 24.3 Å². The third-order valence-corrected chi connectivity index (χ3v) is 2.98. The van der Waals surface area contributed by atoms with E-state index in [4.69, 9.17) is 10.5 Å². The monoisotopic (exact) mass is 256 g/mol. The molecule has 1 unspecified atom stereocenters. The van der Waals surface area contributed by atoms with Gasteiger partial charge in [0.15, 0.2) is 0 Å². The predicted octanol–water partition coefficient (Wildman–Crippen LogP) is 2.60. The fourth-order valence-electron chi connectivity index (χ4n) is 1.86. The second-order valence-corrected chi connectivity index (χ2v) is 4.44. The van der Waals surface area contributed by atoms with E-state index in [1.165, 1.54) is 5.56 Å². The molecule has 4 heteroatoms. The minimum absolute atomic E-state index is 0.233. The van der Waals surface area contributed by atoms with Crippen LogP contribution in [0.1, 0.15) is 31.9 Å². The predicted molar refractivity (Wildman–Crippen MR) is 76.6 cm³/mol. The zero-order valence-electron chi connectivity index (χ0n) is 11.6. The molecule has 0 aliphatic rings. The first-order chi connectivity index (χ1) is 9.22. The summed E-state index contributed by atoms with van der Waals surface area (Å²) in [5.74, 6) is 0. The zero-order chi connectivity index (χ0) is 14.1. The van der Waals surface area contributed by atoms with Gasteiger partial charge < -0.3 is 10.2 Å². The summed E-state index contributed by atoms with van der Waals surface area (Å²) in [6.45, 7) is 5.74. The average Bonchev–Trinajstić information content (AvgIpc) is 2.44. The highest BCUT2D eigenvalue weighted by Gasteiger charge is 2.07. The van der Waals surface area contributed by atoms with Crippen molar-refractivity contribution < 1.29 is 0 Å². The van der Waals surface area contributed by atoms with E-state index in [-0.39, 0.29) is 13.1 Å². The number of hydrogen-bond acceptors (Lipinski definition) is 4. The van der Waals surface area contributed by atoms with Gasteiger partial charge in [-0.15, -0.1) is 0 Å². The highest BCUT2D eigenvalue weighted by atomic mass is 15.1. The number of nitrogens with one attached hydrogen (secondary N) is 1. The molecule has 0 aliphatic carbocycles. The standard InChI is InChI=1S/C15H20N4/c1-3-10-18-13(2)14-4-6-15(7-5-14)19(11-8-16)12-9-17/h4-7,13,18H,3,10-12H2,1-2H3. The highest BCUT2D eigenvalue weighted by Crippen LogP contribution is 2.18. The molecule has 1 rings (SSSR count). The first kappa shape index (κ1) is 15.0. The lowest BCUT2D eigenvalue weighted by Crippen LogP contribution is -2.24. The summed E-state index contributed by atoms with van der Waals surface area (Å²) < 4.78 is 0. The van der Waals surface area contributed by atoms with Gasteiger partial charge in [-0.3, -0.25) is 0 Å². The van der Waals surface area contributed by atoms with Crippen LogP contribution in [0.2, 0.25) is 0 Å². The number of anilines is 1. The largest absolute Gasteiger partial charge is 0.345 e. The molecule has 0 aromatic heterocycles. The number of nitriles is 2. The molecule has 0 amide bonds. The van der Waals surface area contributed by atoms with Crippen molar-refractivity contribution in [2.45, 2.75) is 26.3 Å². The van der Waals surface area contributed by atoms with Crippen LogP contribution in [0, 0.1) is 22.7 Å². The van der Waals surface area contributed by atoms with Gasteiger partial charge >= 0.3 is 0 Å². The van der Waals surface area contributed by atoms with E-state index in [0.29, 0.717) is 6.04 Å². The molecule has 100 valence electrons. The molecule has 0 spiro atoms.